The standard InChI is InChI=1S/C20H20N4O2/c1-13-7-16-9-19(26-18(16)8-14(13)2)20(25)23-17-5-3-15(4-6-17)10-24-12-21-11-22-24/h3-8,11-12,19H,9-10H2,1-2H3,(H,23,25). The van der Waals surface area contributed by atoms with Gasteiger partial charge in [-0.25, -0.2) is 9.67 Å². The Morgan fingerprint density at radius 2 is 2.00 bits per heavy atom. The summed E-state index contributed by atoms with van der Waals surface area (Å²) in [6, 6.07) is 11.8. The number of amides is 1. The summed E-state index contributed by atoms with van der Waals surface area (Å²) < 4.78 is 7.59. The predicted octanol–water partition coefficient (Wildman–Crippen LogP) is 2.89. The Morgan fingerprint density at radius 1 is 1.23 bits per heavy atom. The van der Waals surface area contributed by atoms with Crippen LogP contribution in [0.5, 0.6) is 5.75 Å². The first kappa shape index (κ1) is 16.3. The fourth-order valence-electron chi connectivity index (χ4n) is 3.08. The van der Waals surface area contributed by atoms with Crippen molar-refractivity contribution in [2.45, 2.75) is 32.9 Å². The van der Waals surface area contributed by atoms with Crippen molar-refractivity contribution >= 4 is 11.6 Å². The summed E-state index contributed by atoms with van der Waals surface area (Å²) in [6.07, 6.45) is 3.30. The molecular formula is C20H20N4O2. The van der Waals surface area contributed by atoms with Crippen LogP contribution in [0.25, 0.3) is 0 Å². The molecule has 1 aromatic heterocycles. The Labute approximate surface area is 151 Å². The maximum Gasteiger partial charge on any atom is 0.265 e. The van der Waals surface area contributed by atoms with Crippen LogP contribution < -0.4 is 10.1 Å². The van der Waals surface area contributed by atoms with E-state index in [0.29, 0.717) is 13.0 Å². The van der Waals surface area contributed by atoms with Crippen LogP contribution in [0.2, 0.25) is 0 Å². The van der Waals surface area contributed by atoms with Crippen molar-refractivity contribution in [3.63, 3.8) is 0 Å². The Morgan fingerprint density at radius 3 is 2.73 bits per heavy atom. The third-order valence-corrected chi connectivity index (χ3v) is 4.68. The van der Waals surface area contributed by atoms with Crippen LogP contribution in [0.3, 0.4) is 0 Å². The largest absolute Gasteiger partial charge is 0.480 e. The van der Waals surface area contributed by atoms with Crippen LogP contribution in [-0.4, -0.2) is 26.8 Å². The number of fused-ring (bicyclic) bond motifs is 1. The van der Waals surface area contributed by atoms with E-state index in [1.54, 1.807) is 11.0 Å². The number of hydrogen-bond donors (Lipinski definition) is 1. The number of benzene rings is 2. The van der Waals surface area contributed by atoms with Gasteiger partial charge in [0.1, 0.15) is 18.4 Å². The Bertz CT molecular complexity index is 902. The minimum absolute atomic E-state index is 0.125. The molecule has 3 aromatic rings. The number of aromatic nitrogens is 3. The molecule has 0 aliphatic carbocycles. The van der Waals surface area contributed by atoms with E-state index in [2.05, 4.69) is 28.4 Å². The summed E-state index contributed by atoms with van der Waals surface area (Å²) in [5.74, 6) is 0.692. The van der Waals surface area contributed by atoms with Gasteiger partial charge < -0.3 is 10.1 Å². The van der Waals surface area contributed by atoms with Gasteiger partial charge in [-0.2, -0.15) is 5.10 Å². The molecule has 2 aromatic carbocycles. The zero-order chi connectivity index (χ0) is 18.1. The number of ether oxygens (including phenoxy) is 1. The third kappa shape index (κ3) is 3.31. The van der Waals surface area contributed by atoms with Crippen molar-refractivity contribution in [2.24, 2.45) is 0 Å². The zero-order valence-electron chi connectivity index (χ0n) is 14.8. The van der Waals surface area contributed by atoms with Gasteiger partial charge in [0.15, 0.2) is 6.10 Å². The lowest BCUT2D eigenvalue weighted by atomic mass is 10.0. The third-order valence-electron chi connectivity index (χ3n) is 4.68. The molecule has 0 fully saturated rings. The van der Waals surface area contributed by atoms with E-state index < -0.39 is 6.10 Å². The summed E-state index contributed by atoms with van der Waals surface area (Å²) in [5, 5.41) is 7.02. The van der Waals surface area contributed by atoms with Crippen LogP contribution >= 0.6 is 0 Å². The van der Waals surface area contributed by atoms with Crippen molar-refractivity contribution in [1.82, 2.24) is 14.8 Å². The molecule has 26 heavy (non-hydrogen) atoms. The minimum atomic E-state index is -0.485. The van der Waals surface area contributed by atoms with Crippen molar-refractivity contribution in [1.29, 1.82) is 0 Å². The van der Waals surface area contributed by atoms with Gasteiger partial charge in [-0.15, -0.1) is 0 Å². The molecule has 2 heterocycles. The molecule has 1 unspecified atom stereocenters. The van der Waals surface area contributed by atoms with E-state index in [4.69, 9.17) is 4.74 Å². The molecule has 0 spiro atoms. The highest BCUT2D eigenvalue weighted by Crippen LogP contribution is 2.31. The molecule has 1 N–H and O–H groups in total. The van der Waals surface area contributed by atoms with E-state index in [0.717, 1.165) is 22.6 Å². The van der Waals surface area contributed by atoms with Crippen LogP contribution in [0.4, 0.5) is 5.69 Å². The fraction of sp³-hybridized carbons (Fsp3) is 0.250. The van der Waals surface area contributed by atoms with Gasteiger partial charge in [0, 0.05) is 12.1 Å². The molecular weight excluding hydrogens is 328 g/mol. The first-order valence-electron chi connectivity index (χ1n) is 8.57. The lowest BCUT2D eigenvalue weighted by Gasteiger charge is -2.12. The second kappa shape index (κ2) is 6.63. The Hall–Kier alpha value is -3.15. The number of nitrogens with one attached hydrogen (secondary N) is 1. The molecule has 6 heteroatoms. The molecule has 0 saturated heterocycles. The summed E-state index contributed by atoms with van der Waals surface area (Å²) >= 11 is 0. The molecule has 4 rings (SSSR count). The zero-order valence-corrected chi connectivity index (χ0v) is 14.8. The maximum absolute atomic E-state index is 12.5. The molecule has 132 valence electrons. The number of hydrogen-bond acceptors (Lipinski definition) is 4. The van der Waals surface area contributed by atoms with Crippen LogP contribution in [0, 0.1) is 13.8 Å². The van der Waals surface area contributed by atoms with Gasteiger partial charge in [-0.05, 0) is 54.3 Å². The highest BCUT2D eigenvalue weighted by molar-refractivity contribution is 5.95. The Kier molecular flexibility index (Phi) is 4.16. The summed E-state index contributed by atoms with van der Waals surface area (Å²) in [7, 11) is 0. The lowest BCUT2D eigenvalue weighted by Crippen LogP contribution is -2.31. The number of rotatable bonds is 4. The first-order chi connectivity index (χ1) is 12.6. The molecule has 0 radical (unpaired) electrons. The van der Waals surface area contributed by atoms with Crippen LogP contribution in [0.15, 0.2) is 49.1 Å². The van der Waals surface area contributed by atoms with E-state index in [9.17, 15) is 4.79 Å². The second-order valence-corrected chi connectivity index (χ2v) is 6.63. The summed E-state index contributed by atoms with van der Waals surface area (Å²) in [5.41, 5.74) is 5.33. The van der Waals surface area contributed by atoms with E-state index in [-0.39, 0.29) is 5.91 Å². The van der Waals surface area contributed by atoms with Crippen molar-refractivity contribution in [3.05, 3.63) is 71.3 Å². The normalized spacial score (nSPS) is 15.4. The first-order valence-corrected chi connectivity index (χ1v) is 8.57. The number of aryl methyl sites for hydroxylation is 2. The van der Waals surface area contributed by atoms with E-state index >= 15 is 0 Å². The van der Waals surface area contributed by atoms with Gasteiger partial charge >= 0.3 is 0 Å². The molecule has 1 aliphatic heterocycles. The smallest absolute Gasteiger partial charge is 0.265 e. The van der Waals surface area contributed by atoms with Crippen LogP contribution in [0.1, 0.15) is 22.3 Å². The van der Waals surface area contributed by atoms with Gasteiger partial charge in [0.25, 0.3) is 5.91 Å². The topological polar surface area (TPSA) is 69.0 Å². The number of nitrogens with zero attached hydrogens (tertiary/aromatic N) is 3. The van der Waals surface area contributed by atoms with Gasteiger partial charge in [0.2, 0.25) is 0 Å². The summed E-state index contributed by atoms with van der Waals surface area (Å²) in [6.45, 7) is 4.77. The minimum Gasteiger partial charge on any atom is -0.480 e. The van der Waals surface area contributed by atoms with Crippen molar-refractivity contribution in [3.8, 4) is 5.75 Å². The monoisotopic (exact) mass is 348 g/mol. The number of carbonyl (C=O) groups is 1. The quantitative estimate of drug-likeness (QED) is 0.787. The highest BCUT2D eigenvalue weighted by atomic mass is 16.5. The SMILES string of the molecule is Cc1cc2c(cc1C)OC(C(=O)Nc1ccc(Cn3cncn3)cc1)C2. The van der Waals surface area contributed by atoms with E-state index in [1.807, 2.05) is 37.3 Å². The molecule has 0 saturated carbocycles. The molecule has 0 bridgehead atoms. The van der Waals surface area contributed by atoms with Crippen LogP contribution in [-0.2, 0) is 17.8 Å². The second-order valence-electron chi connectivity index (χ2n) is 6.63. The highest BCUT2D eigenvalue weighted by Gasteiger charge is 2.29. The fourth-order valence-corrected chi connectivity index (χ4v) is 3.08. The average Bonchev–Trinajstić information content (AvgIpc) is 3.27. The van der Waals surface area contributed by atoms with Crippen molar-refractivity contribution in [2.75, 3.05) is 5.32 Å². The number of anilines is 1. The van der Waals surface area contributed by atoms with Gasteiger partial charge in [-0.1, -0.05) is 18.2 Å². The van der Waals surface area contributed by atoms with Gasteiger partial charge in [0.05, 0.1) is 6.54 Å². The predicted molar refractivity (Wildman–Crippen MR) is 98.2 cm³/mol. The lowest BCUT2D eigenvalue weighted by molar-refractivity contribution is -0.122. The molecule has 1 atom stereocenters. The van der Waals surface area contributed by atoms with E-state index in [1.165, 1.54) is 17.5 Å². The molecule has 6 nitrogen and oxygen atoms in total. The Balaban J connectivity index is 1.39. The molecule has 1 amide bonds. The number of carbonyl (C=O) groups excluding carboxylic acids is 1. The summed E-state index contributed by atoms with van der Waals surface area (Å²) in [4.78, 5) is 16.5. The molecule has 1 aliphatic rings. The average molecular weight is 348 g/mol. The maximum atomic E-state index is 12.5. The van der Waals surface area contributed by atoms with Crippen molar-refractivity contribution < 1.29 is 9.53 Å². The van der Waals surface area contributed by atoms with Gasteiger partial charge in [-0.3, -0.25) is 4.79 Å².